The van der Waals surface area contributed by atoms with Crippen molar-refractivity contribution in [3.8, 4) is 5.88 Å². The molecule has 0 saturated heterocycles. The van der Waals surface area contributed by atoms with E-state index in [0.29, 0.717) is 17.1 Å². The monoisotopic (exact) mass is 479 g/mol. The fourth-order valence-electron chi connectivity index (χ4n) is 3.50. The molecule has 0 bridgehead atoms. The van der Waals surface area contributed by atoms with Crippen molar-refractivity contribution in [2.75, 3.05) is 19.1 Å². The highest BCUT2D eigenvalue weighted by Crippen LogP contribution is 2.31. The van der Waals surface area contributed by atoms with Crippen LogP contribution in [0.5, 0.6) is 5.88 Å². The van der Waals surface area contributed by atoms with E-state index in [4.69, 9.17) is 16.3 Å². The SMILES string of the molecule is COc1ccc(CNC(=O)c2ccc3c(c2)C(=O)C(=Cc2ccc(F)c(Cl)c2)C(=O)N3C)cn1. The van der Waals surface area contributed by atoms with Crippen LogP contribution in [0.25, 0.3) is 6.08 Å². The molecular weight excluding hydrogens is 461 g/mol. The predicted molar refractivity (Wildman–Crippen MR) is 126 cm³/mol. The Balaban J connectivity index is 1.59. The molecule has 9 heteroatoms. The maximum absolute atomic E-state index is 13.5. The van der Waals surface area contributed by atoms with Crippen molar-refractivity contribution in [2.24, 2.45) is 0 Å². The summed E-state index contributed by atoms with van der Waals surface area (Å²) < 4.78 is 18.5. The van der Waals surface area contributed by atoms with E-state index in [9.17, 15) is 18.8 Å². The van der Waals surface area contributed by atoms with Gasteiger partial charge in [0.15, 0.2) is 0 Å². The van der Waals surface area contributed by atoms with Crippen LogP contribution in [0.2, 0.25) is 5.02 Å². The number of hydrogen-bond acceptors (Lipinski definition) is 5. The van der Waals surface area contributed by atoms with E-state index in [-0.39, 0.29) is 34.2 Å². The number of carbonyl (C=O) groups excluding carboxylic acids is 3. The van der Waals surface area contributed by atoms with Crippen molar-refractivity contribution in [2.45, 2.75) is 6.54 Å². The van der Waals surface area contributed by atoms with Crippen LogP contribution in [0.3, 0.4) is 0 Å². The van der Waals surface area contributed by atoms with Crippen molar-refractivity contribution in [1.82, 2.24) is 10.3 Å². The molecule has 3 aromatic rings. The number of hydrogen-bond donors (Lipinski definition) is 1. The van der Waals surface area contributed by atoms with E-state index >= 15 is 0 Å². The molecule has 0 aliphatic carbocycles. The summed E-state index contributed by atoms with van der Waals surface area (Å²) in [6.07, 6.45) is 2.95. The van der Waals surface area contributed by atoms with E-state index in [1.165, 1.54) is 43.3 Å². The predicted octanol–water partition coefficient (Wildman–Crippen LogP) is 4.06. The molecule has 7 nitrogen and oxygen atoms in total. The summed E-state index contributed by atoms with van der Waals surface area (Å²) in [5.41, 5.74) is 1.93. The second-order valence-electron chi connectivity index (χ2n) is 7.55. The zero-order valence-electron chi connectivity index (χ0n) is 18.3. The highest BCUT2D eigenvalue weighted by atomic mass is 35.5. The number of rotatable bonds is 5. The molecule has 0 spiro atoms. The number of pyridine rings is 1. The van der Waals surface area contributed by atoms with Crippen molar-refractivity contribution in [3.05, 3.63) is 93.4 Å². The molecule has 1 N–H and O–H groups in total. The second kappa shape index (κ2) is 9.44. The second-order valence-corrected chi connectivity index (χ2v) is 7.96. The molecule has 172 valence electrons. The molecule has 0 atom stereocenters. The van der Waals surface area contributed by atoms with Gasteiger partial charge in [0.05, 0.1) is 23.4 Å². The summed E-state index contributed by atoms with van der Waals surface area (Å²) in [5, 5.41) is 2.66. The topological polar surface area (TPSA) is 88.6 Å². The van der Waals surface area contributed by atoms with Gasteiger partial charge in [-0.2, -0.15) is 0 Å². The average molecular weight is 480 g/mol. The molecule has 1 aliphatic rings. The number of aromatic nitrogens is 1. The standard InChI is InChI=1S/C25H19ClFN3O4/c1-30-21-7-5-16(24(32)29-13-15-4-8-22(34-2)28-12-15)11-17(21)23(31)18(25(30)33)9-14-3-6-20(27)19(26)10-14/h3-12H,13H2,1-2H3,(H,29,32). The number of Topliss-reactive ketones (excluding diaryl/α,β-unsaturated/α-hetero) is 1. The Labute approximate surface area is 199 Å². The van der Waals surface area contributed by atoms with Crippen LogP contribution < -0.4 is 15.0 Å². The van der Waals surface area contributed by atoms with Crippen molar-refractivity contribution in [3.63, 3.8) is 0 Å². The van der Waals surface area contributed by atoms with Crippen molar-refractivity contribution >= 4 is 41.0 Å². The first-order valence-electron chi connectivity index (χ1n) is 10.2. The van der Waals surface area contributed by atoms with Crippen LogP contribution in [0.4, 0.5) is 10.1 Å². The number of carbonyl (C=O) groups is 3. The van der Waals surface area contributed by atoms with Gasteiger partial charge in [0.1, 0.15) is 5.82 Å². The van der Waals surface area contributed by atoms with Crippen LogP contribution in [0, 0.1) is 5.82 Å². The summed E-state index contributed by atoms with van der Waals surface area (Å²) in [6.45, 7) is 0.232. The molecule has 2 heterocycles. The van der Waals surface area contributed by atoms with Crippen LogP contribution in [0.15, 0.2) is 60.3 Å². The third-order valence-electron chi connectivity index (χ3n) is 5.36. The highest BCUT2D eigenvalue weighted by Gasteiger charge is 2.33. The molecule has 0 unspecified atom stereocenters. The van der Waals surface area contributed by atoms with Gasteiger partial charge in [-0.25, -0.2) is 9.37 Å². The van der Waals surface area contributed by atoms with E-state index in [2.05, 4.69) is 10.3 Å². The minimum Gasteiger partial charge on any atom is -0.481 e. The van der Waals surface area contributed by atoms with Gasteiger partial charge in [-0.1, -0.05) is 23.7 Å². The maximum atomic E-state index is 13.5. The molecule has 1 aromatic heterocycles. The normalized spacial score (nSPS) is 14.2. The number of benzene rings is 2. The van der Waals surface area contributed by atoms with E-state index in [1.54, 1.807) is 30.5 Å². The summed E-state index contributed by atoms with van der Waals surface area (Å²) in [6, 6.07) is 11.9. The lowest BCUT2D eigenvalue weighted by Crippen LogP contribution is -2.37. The van der Waals surface area contributed by atoms with Gasteiger partial charge in [-0.15, -0.1) is 0 Å². The maximum Gasteiger partial charge on any atom is 0.262 e. The number of fused-ring (bicyclic) bond motifs is 1. The van der Waals surface area contributed by atoms with Crippen molar-refractivity contribution in [1.29, 1.82) is 0 Å². The van der Waals surface area contributed by atoms with Crippen LogP contribution >= 0.6 is 11.6 Å². The van der Waals surface area contributed by atoms with Crippen molar-refractivity contribution < 1.29 is 23.5 Å². The number of anilines is 1. The minimum absolute atomic E-state index is 0.112. The fraction of sp³-hybridized carbons (Fsp3) is 0.120. The molecule has 0 radical (unpaired) electrons. The van der Waals surface area contributed by atoms with Gasteiger partial charge in [-0.05, 0) is 47.5 Å². The van der Waals surface area contributed by atoms with Crippen LogP contribution in [-0.2, 0) is 11.3 Å². The van der Waals surface area contributed by atoms with Crippen LogP contribution in [-0.4, -0.2) is 36.7 Å². The first kappa shape index (κ1) is 23.1. The van der Waals surface area contributed by atoms with Gasteiger partial charge >= 0.3 is 0 Å². The Hall–Kier alpha value is -4.04. The molecular formula is C25H19ClFN3O4. The molecule has 0 fully saturated rings. The van der Waals surface area contributed by atoms with Gasteiger partial charge in [-0.3, -0.25) is 14.4 Å². The lowest BCUT2D eigenvalue weighted by molar-refractivity contribution is -0.114. The largest absolute Gasteiger partial charge is 0.481 e. The number of ketones is 1. The average Bonchev–Trinajstić information content (AvgIpc) is 2.85. The Morgan fingerprint density at radius 2 is 1.97 bits per heavy atom. The first-order valence-corrected chi connectivity index (χ1v) is 10.6. The number of nitrogens with one attached hydrogen (secondary N) is 1. The smallest absolute Gasteiger partial charge is 0.262 e. The zero-order chi connectivity index (χ0) is 24.4. The Morgan fingerprint density at radius 3 is 2.65 bits per heavy atom. The summed E-state index contributed by atoms with van der Waals surface area (Å²) in [7, 11) is 3.05. The van der Waals surface area contributed by atoms with E-state index in [0.717, 1.165) is 11.6 Å². The minimum atomic E-state index is -0.603. The number of methoxy groups -OCH3 is 1. The Kier molecular flexibility index (Phi) is 6.43. The third-order valence-corrected chi connectivity index (χ3v) is 5.65. The number of likely N-dealkylation sites (N-methyl/N-ethyl adjacent to an activating group) is 1. The molecule has 4 rings (SSSR count). The lowest BCUT2D eigenvalue weighted by atomic mass is 9.92. The van der Waals surface area contributed by atoms with Gasteiger partial charge in [0.25, 0.3) is 11.8 Å². The number of ether oxygens (including phenoxy) is 1. The third kappa shape index (κ3) is 4.53. The highest BCUT2D eigenvalue weighted by molar-refractivity contribution is 6.37. The first-order chi connectivity index (χ1) is 16.3. The lowest BCUT2D eigenvalue weighted by Gasteiger charge is -2.27. The summed E-state index contributed by atoms with van der Waals surface area (Å²) in [4.78, 5) is 44.1. The number of halogens is 2. The zero-order valence-corrected chi connectivity index (χ0v) is 19.0. The van der Waals surface area contributed by atoms with Gasteiger partial charge in [0.2, 0.25) is 11.7 Å². The molecule has 2 aromatic carbocycles. The Morgan fingerprint density at radius 1 is 1.18 bits per heavy atom. The van der Waals surface area contributed by atoms with Crippen LogP contribution in [0.1, 0.15) is 31.8 Å². The van der Waals surface area contributed by atoms with Gasteiger partial charge < -0.3 is 15.0 Å². The quantitative estimate of drug-likeness (QED) is 0.440. The number of amides is 2. The summed E-state index contributed by atoms with van der Waals surface area (Å²) >= 11 is 5.82. The molecule has 1 aliphatic heterocycles. The van der Waals surface area contributed by atoms with Gasteiger partial charge in [0, 0.05) is 37.0 Å². The fourth-order valence-corrected chi connectivity index (χ4v) is 3.69. The number of nitrogens with zero attached hydrogens (tertiary/aromatic N) is 2. The molecule has 2 amide bonds. The molecule has 34 heavy (non-hydrogen) atoms. The molecule has 0 saturated carbocycles. The van der Waals surface area contributed by atoms with E-state index < -0.39 is 17.5 Å². The summed E-state index contributed by atoms with van der Waals surface area (Å²) in [5.74, 6) is -1.57. The van der Waals surface area contributed by atoms with E-state index in [1.807, 2.05) is 0 Å². The Bertz CT molecular complexity index is 1340.